The number of morpholine rings is 1. The van der Waals surface area contributed by atoms with Gasteiger partial charge in [-0.25, -0.2) is 0 Å². The third-order valence-electron chi connectivity index (χ3n) is 4.16. The van der Waals surface area contributed by atoms with Crippen LogP contribution in [0.4, 0.5) is 0 Å². The summed E-state index contributed by atoms with van der Waals surface area (Å²) in [4.78, 5) is 2.66. The van der Waals surface area contributed by atoms with Crippen molar-refractivity contribution in [2.75, 3.05) is 20.1 Å². The van der Waals surface area contributed by atoms with Crippen LogP contribution >= 0.6 is 0 Å². The summed E-state index contributed by atoms with van der Waals surface area (Å²) in [7, 11) is 2.11. The van der Waals surface area contributed by atoms with Crippen molar-refractivity contribution >= 4 is 0 Å². The molecule has 0 aromatic carbocycles. The molecule has 0 bridgehead atoms. The zero-order valence-corrected chi connectivity index (χ0v) is 11.8. The lowest BCUT2D eigenvalue weighted by Gasteiger charge is -2.48. The summed E-state index contributed by atoms with van der Waals surface area (Å²) in [5, 5.41) is 3.51. The van der Waals surface area contributed by atoms with Crippen molar-refractivity contribution in [1.29, 1.82) is 0 Å². The van der Waals surface area contributed by atoms with Gasteiger partial charge in [-0.1, -0.05) is 12.8 Å². The van der Waals surface area contributed by atoms with E-state index in [9.17, 15) is 0 Å². The zero-order chi connectivity index (χ0) is 12.5. The summed E-state index contributed by atoms with van der Waals surface area (Å²) >= 11 is 0. The monoisotopic (exact) mass is 240 g/mol. The van der Waals surface area contributed by atoms with Gasteiger partial charge in [0.2, 0.25) is 0 Å². The van der Waals surface area contributed by atoms with Gasteiger partial charge in [-0.15, -0.1) is 0 Å². The molecule has 0 radical (unpaired) electrons. The van der Waals surface area contributed by atoms with E-state index < -0.39 is 0 Å². The molecule has 1 saturated heterocycles. The van der Waals surface area contributed by atoms with Crippen molar-refractivity contribution < 1.29 is 4.74 Å². The maximum Gasteiger partial charge on any atom is 0.0757 e. The summed E-state index contributed by atoms with van der Waals surface area (Å²) in [5.41, 5.74) is 0.00735. The molecule has 3 heteroatoms. The fraction of sp³-hybridized carbons (Fsp3) is 1.00. The average Bonchev–Trinajstić information content (AvgIpc) is 2.26. The lowest BCUT2D eigenvalue weighted by molar-refractivity contribution is -0.142. The Morgan fingerprint density at radius 3 is 2.59 bits per heavy atom. The maximum absolute atomic E-state index is 6.00. The Labute approximate surface area is 106 Å². The third kappa shape index (κ3) is 3.21. The van der Waals surface area contributed by atoms with Crippen LogP contribution in [0.1, 0.15) is 46.5 Å². The first-order valence-electron chi connectivity index (χ1n) is 7.11. The predicted molar refractivity (Wildman–Crippen MR) is 71.3 cm³/mol. The van der Waals surface area contributed by atoms with E-state index in [0.29, 0.717) is 18.2 Å². The Morgan fingerprint density at radius 2 is 1.94 bits per heavy atom. The van der Waals surface area contributed by atoms with Crippen molar-refractivity contribution in [3.8, 4) is 0 Å². The molecule has 2 aliphatic rings. The molecular formula is C14H28N2O. The first kappa shape index (κ1) is 13.3. The number of hydrogen-bond acceptors (Lipinski definition) is 3. The van der Waals surface area contributed by atoms with Crippen molar-refractivity contribution in [1.82, 2.24) is 10.2 Å². The molecule has 1 aliphatic heterocycles. The molecule has 1 heterocycles. The minimum Gasteiger partial charge on any atom is -0.370 e. The van der Waals surface area contributed by atoms with Crippen LogP contribution in [0.2, 0.25) is 0 Å². The molecule has 3 atom stereocenters. The molecule has 2 rings (SSSR count). The van der Waals surface area contributed by atoms with Gasteiger partial charge in [-0.05, 0) is 40.7 Å². The van der Waals surface area contributed by atoms with Crippen LogP contribution in [0.5, 0.6) is 0 Å². The highest BCUT2D eigenvalue weighted by molar-refractivity contribution is 4.93. The van der Waals surface area contributed by atoms with Crippen LogP contribution in [-0.4, -0.2) is 48.8 Å². The summed E-state index contributed by atoms with van der Waals surface area (Å²) in [6, 6.07) is 1.38. The number of likely N-dealkylation sites (N-methyl/N-ethyl adjacent to an activating group) is 1. The first-order chi connectivity index (χ1) is 8.02. The second-order valence-corrected chi connectivity index (χ2v) is 6.36. The lowest BCUT2D eigenvalue weighted by atomic mass is 9.87. The predicted octanol–water partition coefficient (Wildman–Crippen LogP) is 2.02. The molecule has 0 amide bonds. The molecule has 3 unspecified atom stereocenters. The van der Waals surface area contributed by atoms with Crippen molar-refractivity contribution in [3.05, 3.63) is 0 Å². The largest absolute Gasteiger partial charge is 0.370 e. The number of nitrogens with one attached hydrogen (secondary N) is 1. The van der Waals surface area contributed by atoms with Crippen LogP contribution in [0.3, 0.4) is 0 Å². The van der Waals surface area contributed by atoms with Gasteiger partial charge >= 0.3 is 0 Å². The number of rotatable bonds is 2. The Kier molecular flexibility index (Phi) is 4.11. The van der Waals surface area contributed by atoms with Crippen molar-refractivity contribution in [3.63, 3.8) is 0 Å². The number of nitrogens with zero attached hydrogens (tertiary/aromatic N) is 1. The number of ether oxygens (including phenoxy) is 1. The summed E-state index contributed by atoms with van der Waals surface area (Å²) < 4.78 is 6.00. The van der Waals surface area contributed by atoms with Crippen LogP contribution < -0.4 is 5.32 Å². The standard InChI is InChI=1S/C14H28N2O/c1-11-9-16(10-14(2,3)17-11)13-8-6-5-7-12(13)15-4/h11-13,15H,5-10H2,1-4H3. The molecular weight excluding hydrogens is 212 g/mol. The fourth-order valence-electron chi connectivity index (χ4n) is 3.64. The van der Waals surface area contributed by atoms with E-state index in [1.165, 1.54) is 25.7 Å². The Balaban J connectivity index is 2.04. The van der Waals surface area contributed by atoms with Gasteiger partial charge in [0.15, 0.2) is 0 Å². The second-order valence-electron chi connectivity index (χ2n) is 6.36. The molecule has 1 aliphatic carbocycles. The maximum atomic E-state index is 6.00. The van der Waals surface area contributed by atoms with Gasteiger partial charge in [-0.2, -0.15) is 0 Å². The molecule has 100 valence electrons. The van der Waals surface area contributed by atoms with Crippen LogP contribution in [-0.2, 0) is 4.74 Å². The molecule has 3 nitrogen and oxygen atoms in total. The Bertz CT molecular complexity index is 255. The quantitative estimate of drug-likeness (QED) is 0.799. The second kappa shape index (κ2) is 5.25. The van der Waals surface area contributed by atoms with Crippen LogP contribution in [0.25, 0.3) is 0 Å². The molecule has 2 fully saturated rings. The fourth-order valence-corrected chi connectivity index (χ4v) is 3.64. The van der Waals surface area contributed by atoms with E-state index in [1.54, 1.807) is 0 Å². The Morgan fingerprint density at radius 1 is 1.24 bits per heavy atom. The number of hydrogen-bond donors (Lipinski definition) is 1. The van der Waals surface area contributed by atoms with Crippen molar-refractivity contribution in [2.24, 2.45) is 0 Å². The van der Waals surface area contributed by atoms with Gasteiger partial charge in [0.25, 0.3) is 0 Å². The highest BCUT2D eigenvalue weighted by Gasteiger charge is 2.37. The SMILES string of the molecule is CNC1CCCCC1N1CC(C)OC(C)(C)C1. The minimum absolute atomic E-state index is 0.00735. The third-order valence-corrected chi connectivity index (χ3v) is 4.16. The highest BCUT2D eigenvalue weighted by atomic mass is 16.5. The van der Waals surface area contributed by atoms with Crippen LogP contribution in [0, 0.1) is 0 Å². The van der Waals surface area contributed by atoms with Gasteiger partial charge in [0, 0.05) is 25.2 Å². The van der Waals surface area contributed by atoms with Crippen molar-refractivity contribution in [2.45, 2.75) is 70.2 Å². The van der Waals surface area contributed by atoms with Gasteiger partial charge in [0.05, 0.1) is 11.7 Å². The smallest absolute Gasteiger partial charge is 0.0757 e. The Hall–Kier alpha value is -0.120. The molecule has 0 aromatic rings. The summed E-state index contributed by atoms with van der Waals surface area (Å²) in [5.74, 6) is 0. The molecule has 1 saturated carbocycles. The summed E-state index contributed by atoms with van der Waals surface area (Å²) in [6.45, 7) is 8.79. The summed E-state index contributed by atoms with van der Waals surface area (Å²) in [6.07, 6.45) is 5.79. The normalized spacial score (nSPS) is 39.2. The molecule has 1 N–H and O–H groups in total. The molecule has 17 heavy (non-hydrogen) atoms. The van der Waals surface area contributed by atoms with E-state index in [4.69, 9.17) is 4.74 Å². The van der Waals surface area contributed by atoms with E-state index in [1.807, 2.05) is 0 Å². The van der Waals surface area contributed by atoms with Crippen LogP contribution in [0.15, 0.2) is 0 Å². The zero-order valence-electron chi connectivity index (χ0n) is 11.8. The van der Waals surface area contributed by atoms with Gasteiger partial charge in [-0.3, -0.25) is 4.90 Å². The van der Waals surface area contributed by atoms with E-state index in [2.05, 4.69) is 38.0 Å². The van der Waals surface area contributed by atoms with Gasteiger partial charge < -0.3 is 10.1 Å². The lowest BCUT2D eigenvalue weighted by Crippen LogP contribution is -2.60. The minimum atomic E-state index is 0.00735. The molecule has 0 aromatic heterocycles. The van der Waals surface area contributed by atoms with Gasteiger partial charge in [0.1, 0.15) is 0 Å². The van der Waals surface area contributed by atoms with E-state index in [0.717, 1.165) is 13.1 Å². The van der Waals surface area contributed by atoms with E-state index in [-0.39, 0.29) is 5.60 Å². The highest BCUT2D eigenvalue weighted by Crippen LogP contribution is 2.29. The molecule has 0 spiro atoms. The first-order valence-corrected chi connectivity index (χ1v) is 7.11. The average molecular weight is 240 g/mol. The topological polar surface area (TPSA) is 24.5 Å². The van der Waals surface area contributed by atoms with E-state index >= 15 is 0 Å².